The third kappa shape index (κ3) is 4.85. The van der Waals surface area contributed by atoms with Crippen molar-refractivity contribution in [2.24, 2.45) is 0 Å². The lowest BCUT2D eigenvalue weighted by Gasteiger charge is -2.38. The van der Waals surface area contributed by atoms with Gasteiger partial charge in [-0.3, -0.25) is 14.5 Å². The lowest BCUT2D eigenvalue weighted by atomic mass is 10.0. The van der Waals surface area contributed by atoms with Crippen molar-refractivity contribution in [2.45, 2.75) is 25.8 Å². The van der Waals surface area contributed by atoms with Crippen molar-refractivity contribution >= 4 is 11.9 Å². The average Bonchev–Trinajstić information content (AvgIpc) is 2.65. The highest BCUT2D eigenvalue weighted by Crippen LogP contribution is 2.32. The van der Waals surface area contributed by atoms with Crippen LogP contribution in [0, 0.1) is 0 Å². The number of carboxylic acids is 1. The molecule has 1 fully saturated rings. The highest BCUT2D eigenvalue weighted by atomic mass is 16.5. The van der Waals surface area contributed by atoms with Gasteiger partial charge < -0.3 is 19.5 Å². The molecule has 1 atom stereocenters. The van der Waals surface area contributed by atoms with Crippen LogP contribution in [0.4, 0.5) is 0 Å². The molecule has 1 aliphatic rings. The van der Waals surface area contributed by atoms with E-state index in [2.05, 4.69) is 11.8 Å². The number of carbonyl (C=O) groups excluding carboxylic acids is 1. The molecule has 1 saturated heterocycles. The molecule has 0 bridgehead atoms. The predicted molar refractivity (Wildman–Crippen MR) is 93.0 cm³/mol. The number of ether oxygens (including phenoxy) is 2. The van der Waals surface area contributed by atoms with Gasteiger partial charge in [0.25, 0.3) is 0 Å². The predicted octanol–water partition coefficient (Wildman–Crippen LogP) is 1.77. The highest BCUT2D eigenvalue weighted by molar-refractivity contribution is 5.80. The first kappa shape index (κ1) is 19.1. The molecule has 7 heteroatoms. The number of carbonyl (C=O) groups is 2. The minimum Gasteiger partial charge on any atom is -0.497 e. The van der Waals surface area contributed by atoms with Crippen LogP contribution in [0.2, 0.25) is 0 Å². The van der Waals surface area contributed by atoms with E-state index in [0.717, 1.165) is 30.2 Å². The lowest BCUT2D eigenvalue weighted by Crippen LogP contribution is -2.49. The molecule has 0 saturated carbocycles. The SMILES string of the molecule is COc1ccc(C(C)N2CCN(C(=O)CCC(=O)O)CC2)c(OC)c1. The van der Waals surface area contributed by atoms with Crippen molar-refractivity contribution in [1.82, 2.24) is 9.80 Å². The van der Waals surface area contributed by atoms with Crippen LogP contribution in [0.25, 0.3) is 0 Å². The molecule has 1 aromatic carbocycles. The number of methoxy groups -OCH3 is 2. The Labute approximate surface area is 148 Å². The Morgan fingerprint density at radius 1 is 1.12 bits per heavy atom. The van der Waals surface area contributed by atoms with Crippen molar-refractivity contribution in [1.29, 1.82) is 0 Å². The normalized spacial score (nSPS) is 16.4. The van der Waals surface area contributed by atoms with Crippen LogP contribution < -0.4 is 9.47 Å². The van der Waals surface area contributed by atoms with E-state index in [4.69, 9.17) is 14.6 Å². The maximum Gasteiger partial charge on any atom is 0.303 e. The van der Waals surface area contributed by atoms with Gasteiger partial charge in [0.15, 0.2) is 0 Å². The number of hydrogen-bond acceptors (Lipinski definition) is 5. The Kier molecular flexibility index (Phi) is 6.64. The fraction of sp³-hybridized carbons (Fsp3) is 0.556. The topological polar surface area (TPSA) is 79.3 Å². The summed E-state index contributed by atoms with van der Waals surface area (Å²) >= 11 is 0. The zero-order chi connectivity index (χ0) is 18.4. The molecule has 2 rings (SSSR count). The van der Waals surface area contributed by atoms with Gasteiger partial charge in [-0.15, -0.1) is 0 Å². The van der Waals surface area contributed by atoms with Gasteiger partial charge in [0.2, 0.25) is 5.91 Å². The first-order chi connectivity index (χ1) is 12.0. The fourth-order valence-electron chi connectivity index (χ4n) is 3.09. The number of nitrogens with zero attached hydrogens (tertiary/aromatic N) is 2. The number of benzene rings is 1. The van der Waals surface area contributed by atoms with E-state index in [1.165, 1.54) is 0 Å². The molecule has 25 heavy (non-hydrogen) atoms. The van der Waals surface area contributed by atoms with Gasteiger partial charge in [-0.25, -0.2) is 0 Å². The van der Waals surface area contributed by atoms with E-state index in [0.29, 0.717) is 13.1 Å². The monoisotopic (exact) mass is 350 g/mol. The molecule has 0 aromatic heterocycles. The van der Waals surface area contributed by atoms with Gasteiger partial charge >= 0.3 is 5.97 Å². The first-order valence-corrected chi connectivity index (χ1v) is 8.41. The molecule has 0 spiro atoms. The van der Waals surface area contributed by atoms with Crippen LogP contribution in [0.3, 0.4) is 0 Å². The second kappa shape index (κ2) is 8.71. The smallest absolute Gasteiger partial charge is 0.303 e. The lowest BCUT2D eigenvalue weighted by molar-refractivity contribution is -0.141. The first-order valence-electron chi connectivity index (χ1n) is 8.41. The van der Waals surface area contributed by atoms with Crippen molar-refractivity contribution < 1.29 is 24.2 Å². The van der Waals surface area contributed by atoms with E-state index in [9.17, 15) is 9.59 Å². The summed E-state index contributed by atoms with van der Waals surface area (Å²) in [6.45, 7) is 4.83. The summed E-state index contributed by atoms with van der Waals surface area (Å²) in [7, 11) is 3.27. The van der Waals surface area contributed by atoms with Crippen LogP contribution in [-0.4, -0.2) is 67.2 Å². The van der Waals surface area contributed by atoms with Crippen LogP contribution in [-0.2, 0) is 9.59 Å². The number of hydrogen-bond donors (Lipinski definition) is 1. The maximum atomic E-state index is 12.0. The molecule has 1 amide bonds. The molecule has 1 aromatic rings. The van der Waals surface area contributed by atoms with E-state index in [1.54, 1.807) is 19.1 Å². The molecule has 138 valence electrons. The largest absolute Gasteiger partial charge is 0.497 e. The van der Waals surface area contributed by atoms with Crippen molar-refractivity contribution in [3.63, 3.8) is 0 Å². The van der Waals surface area contributed by atoms with Crippen molar-refractivity contribution in [3.8, 4) is 11.5 Å². The van der Waals surface area contributed by atoms with E-state index in [1.807, 2.05) is 18.2 Å². The molecule has 7 nitrogen and oxygen atoms in total. The summed E-state index contributed by atoms with van der Waals surface area (Å²) < 4.78 is 10.7. The number of carboxylic acid groups (broad SMARTS) is 1. The number of aliphatic carboxylic acids is 1. The minimum atomic E-state index is -0.938. The summed E-state index contributed by atoms with van der Waals surface area (Å²) in [5, 5.41) is 8.69. The van der Waals surface area contributed by atoms with Crippen LogP contribution in [0.15, 0.2) is 18.2 Å². The summed E-state index contributed by atoms with van der Waals surface area (Å²) in [6.07, 6.45) is -0.0459. The Hall–Kier alpha value is -2.28. The number of piperazine rings is 1. The summed E-state index contributed by atoms with van der Waals surface area (Å²) in [5.41, 5.74) is 1.08. The van der Waals surface area contributed by atoms with Gasteiger partial charge in [-0.1, -0.05) is 6.07 Å². The van der Waals surface area contributed by atoms with Gasteiger partial charge in [-0.2, -0.15) is 0 Å². The molecular weight excluding hydrogens is 324 g/mol. The van der Waals surface area contributed by atoms with Crippen LogP contribution >= 0.6 is 0 Å². The quantitative estimate of drug-likeness (QED) is 0.807. The standard InChI is InChI=1S/C18H26N2O5/c1-13(15-5-4-14(24-2)12-16(15)25-3)19-8-10-20(11-9-19)17(21)6-7-18(22)23/h4-5,12-13H,6-11H2,1-3H3,(H,22,23). The summed E-state index contributed by atoms with van der Waals surface area (Å²) in [4.78, 5) is 26.7. The summed E-state index contributed by atoms with van der Waals surface area (Å²) in [6, 6.07) is 5.95. The van der Waals surface area contributed by atoms with Crippen LogP contribution in [0.5, 0.6) is 11.5 Å². The molecule has 0 aliphatic carbocycles. The Morgan fingerprint density at radius 2 is 1.80 bits per heavy atom. The molecule has 1 unspecified atom stereocenters. The van der Waals surface area contributed by atoms with Gasteiger partial charge in [-0.05, 0) is 13.0 Å². The van der Waals surface area contributed by atoms with Gasteiger partial charge in [0.1, 0.15) is 11.5 Å². The average molecular weight is 350 g/mol. The Morgan fingerprint density at radius 3 is 2.36 bits per heavy atom. The third-order valence-electron chi connectivity index (χ3n) is 4.66. The van der Waals surface area contributed by atoms with Gasteiger partial charge in [0, 0.05) is 50.3 Å². The zero-order valence-corrected chi connectivity index (χ0v) is 15.0. The van der Waals surface area contributed by atoms with Crippen LogP contribution in [0.1, 0.15) is 31.4 Å². The molecule has 0 radical (unpaired) electrons. The number of amides is 1. The number of rotatable bonds is 7. The minimum absolute atomic E-state index is 0.0667. The fourth-order valence-corrected chi connectivity index (χ4v) is 3.09. The zero-order valence-electron chi connectivity index (χ0n) is 15.0. The summed E-state index contributed by atoms with van der Waals surface area (Å²) in [5.74, 6) is 0.511. The highest BCUT2D eigenvalue weighted by Gasteiger charge is 2.26. The van der Waals surface area contributed by atoms with Crippen molar-refractivity contribution in [3.05, 3.63) is 23.8 Å². The van der Waals surface area contributed by atoms with E-state index in [-0.39, 0.29) is 24.8 Å². The van der Waals surface area contributed by atoms with E-state index >= 15 is 0 Å². The van der Waals surface area contributed by atoms with Crippen molar-refractivity contribution in [2.75, 3.05) is 40.4 Å². The third-order valence-corrected chi connectivity index (χ3v) is 4.66. The molecular formula is C18H26N2O5. The maximum absolute atomic E-state index is 12.0. The molecule has 1 heterocycles. The van der Waals surface area contributed by atoms with E-state index < -0.39 is 5.97 Å². The Bertz CT molecular complexity index is 611. The second-order valence-corrected chi connectivity index (χ2v) is 6.09. The second-order valence-electron chi connectivity index (χ2n) is 6.09. The molecule has 1 N–H and O–H groups in total. The molecule has 1 aliphatic heterocycles. The van der Waals surface area contributed by atoms with Gasteiger partial charge in [0.05, 0.1) is 20.6 Å². The Balaban J connectivity index is 1.96.